The van der Waals surface area contributed by atoms with Gasteiger partial charge in [0.2, 0.25) is 5.91 Å². The number of aliphatic carboxylic acids is 1. The summed E-state index contributed by atoms with van der Waals surface area (Å²) in [7, 11) is 0. The van der Waals surface area contributed by atoms with Gasteiger partial charge in [0.05, 0.1) is 6.04 Å². The lowest BCUT2D eigenvalue weighted by molar-refractivity contribution is -0.144. The van der Waals surface area contributed by atoms with Crippen LogP contribution in [-0.2, 0) is 20.7 Å². The van der Waals surface area contributed by atoms with Crippen LogP contribution in [0.5, 0.6) is 0 Å². The second-order valence-electron chi connectivity index (χ2n) is 10.5. The Balaban J connectivity index is 1.46. The van der Waals surface area contributed by atoms with Crippen LogP contribution in [0, 0.1) is 5.92 Å². The van der Waals surface area contributed by atoms with Gasteiger partial charge in [-0.1, -0.05) is 92.7 Å². The molecule has 0 radical (unpaired) electrons. The molecule has 2 N–H and O–H groups in total. The lowest BCUT2D eigenvalue weighted by Crippen LogP contribution is -2.48. The summed E-state index contributed by atoms with van der Waals surface area (Å²) >= 11 is 0. The zero-order valence-electron chi connectivity index (χ0n) is 22.5. The van der Waals surface area contributed by atoms with Gasteiger partial charge in [-0.05, 0) is 46.6 Å². The molecule has 0 spiro atoms. The van der Waals surface area contributed by atoms with Gasteiger partial charge in [-0.15, -0.1) is 0 Å². The minimum absolute atomic E-state index is 0.0717. The van der Waals surface area contributed by atoms with E-state index in [4.69, 9.17) is 4.74 Å². The molecule has 0 saturated carbocycles. The Bertz CT molecular complexity index is 1240. The first kappa shape index (κ1) is 27.9. The number of rotatable bonds is 12. The first-order valence-electron chi connectivity index (χ1n) is 13.5. The van der Waals surface area contributed by atoms with Crippen molar-refractivity contribution in [3.63, 3.8) is 0 Å². The Hall–Kier alpha value is -4.13. The van der Waals surface area contributed by atoms with Crippen molar-refractivity contribution in [2.75, 3.05) is 19.7 Å². The Kier molecular flexibility index (Phi) is 9.36. The molecule has 1 atom stereocenters. The maximum atomic E-state index is 13.1. The van der Waals surface area contributed by atoms with Crippen LogP contribution in [0.25, 0.3) is 11.1 Å². The SMILES string of the molecule is CC(C)CCC(=O)N(CC(=O)O)C[C@H](Cc1ccccc1)NC(=O)OCC1c2ccccc2-c2ccccc21. The Morgan fingerprint density at radius 1 is 0.897 bits per heavy atom. The van der Waals surface area contributed by atoms with E-state index in [1.165, 1.54) is 4.90 Å². The number of hydrogen-bond acceptors (Lipinski definition) is 4. The van der Waals surface area contributed by atoms with Crippen LogP contribution in [0.15, 0.2) is 78.9 Å². The van der Waals surface area contributed by atoms with E-state index in [9.17, 15) is 19.5 Å². The Labute approximate surface area is 229 Å². The number of nitrogens with one attached hydrogen (secondary N) is 1. The molecule has 0 aliphatic heterocycles. The smallest absolute Gasteiger partial charge is 0.407 e. The maximum Gasteiger partial charge on any atom is 0.407 e. The van der Waals surface area contributed by atoms with Gasteiger partial charge in [-0.25, -0.2) is 4.79 Å². The number of carboxylic acid groups (broad SMARTS) is 1. The van der Waals surface area contributed by atoms with Gasteiger partial charge < -0.3 is 20.1 Å². The summed E-state index contributed by atoms with van der Waals surface area (Å²) in [6, 6.07) is 25.3. The number of alkyl carbamates (subject to hydrolysis) is 1. The van der Waals surface area contributed by atoms with E-state index >= 15 is 0 Å². The zero-order valence-corrected chi connectivity index (χ0v) is 22.5. The molecule has 0 unspecified atom stereocenters. The first-order valence-corrected chi connectivity index (χ1v) is 13.5. The van der Waals surface area contributed by atoms with Gasteiger partial charge in [0.1, 0.15) is 13.2 Å². The van der Waals surface area contributed by atoms with Crippen molar-refractivity contribution in [1.29, 1.82) is 0 Å². The average molecular weight is 529 g/mol. The van der Waals surface area contributed by atoms with Crippen LogP contribution in [-0.4, -0.2) is 53.7 Å². The Morgan fingerprint density at radius 2 is 1.49 bits per heavy atom. The molecule has 0 aromatic heterocycles. The van der Waals surface area contributed by atoms with E-state index < -0.39 is 24.6 Å². The fourth-order valence-corrected chi connectivity index (χ4v) is 5.12. The monoisotopic (exact) mass is 528 g/mol. The summed E-state index contributed by atoms with van der Waals surface area (Å²) in [6.45, 7) is 3.86. The maximum absolute atomic E-state index is 13.1. The van der Waals surface area contributed by atoms with E-state index in [1.54, 1.807) is 0 Å². The summed E-state index contributed by atoms with van der Waals surface area (Å²) in [5.74, 6) is -1.08. The molecular formula is C32H36N2O5. The molecule has 0 bridgehead atoms. The molecule has 1 aliphatic carbocycles. The molecule has 3 aromatic carbocycles. The van der Waals surface area contributed by atoms with E-state index in [2.05, 4.69) is 29.6 Å². The van der Waals surface area contributed by atoms with Crippen molar-refractivity contribution in [2.24, 2.45) is 5.92 Å². The molecule has 7 nitrogen and oxygen atoms in total. The van der Waals surface area contributed by atoms with Gasteiger partial charge >= 0.3 is 12.1 Å². The van der Waals surface area contributed by atoms with Gasteiger partial charge in [0.15, 0.2) is 0 Å². The molecule has 204 valence electrons. The number of nitrogens with zero attached hydrogens (tertiary/aromatic N) is 1. The normalized spacial score (nSPS) is 12.9. The lowest BCUT2D eigenvalue weighted by atomic mass is 9.98. The van der Waals surface area contributed by atoms with Gasteiger partial charge in [-0.3, -0.25) is 9.59 Å². The molecule has 7 heteroatoms. The molecular weight excluding hydrogens is 492 g/mol. The molecule has 1 aliphatic rings. The number of amides is 2. The van der Waals surface area contributed by atoms with Crippen LogP contribution >= 0.6 is 0 Å². The van der Waals surface area contributed by atoms with Crippen molar-refractivity contribution >= 4 is 18.0 Å². The van der Waals surface area contributed by atoms with Gasteiger partial charge in [-0.2, -0.15) is 0 Å². The minimum Gasteiger partial charge on any atom is -0.480 e. The highest BCUT2D eigenvalue weighted by Crippen LogP contribution is 2.44. The van der Waals surface area contributed by atoms with Gasteiger partial charge in [0.25, 0.3) is 0 Å². The standard InChI is InChI=1S/C32H36N2O5/c1-22(2)16-17-30(35)34(20-31(36)37)19-24(18-23-10-4-3-5-11-23)33-32(38)39-21-29-27-14-8-6-12-25(27)26-13-7-9-15-28(26)29/h3-15,22,24,29H,16-21H2,1-2H3,(H,33,38)(H,36,37)/t24-/m0/s1. The first-order chi connectivity index (χ1) is 18.8. The molecule has 0 fully saturated rings. The fraction of sp³-hybridized carbons (Fsp3) is 0.344. The summed E-state index contributed by atoms with van der Waals surface area (Å²) < 4.78 is 5.74. The van der Waals surface area contributed by atoms with Crippen LogP contribution in [0.4, 0.5) is 4.79 Å². The second kappa shape index (κ2) is 13.1. The number of carbonyl (C=O) groups is 3. The number of carbonyl (C=O) groups excluding carboxylic acids is 2. The van der Waals surface area contributed by atoms with Crippen LogP contribution in [0.3, 0.4) is 0 Å². The number of fused-ring (bicyclic) bond motifs is 3. The van der Waals surface area contributed by atoms with Gasteiger partial charge in [0, 0.05) is 18.9 Å². The molecule has 2 amide bonds. The molecule has 3 aromatic rings. The highest BCUT2D eigenvalue weighted by atomic mass is 16.5. The third kappa shape index (κ3) is 7.47. The van der Waals surface area contributed by atoms with E-state index in [0.717, 1.165) is 27.8 Å². The van der Waals surface area contributed by atoms with Crippen molar-refractivity contribution in [3.05, 3.63) is 95.6 Å². The summed E-state index contributed by atoms with van der Waals surface area (Å²) in [4.78, 5) is 38.8. The van der Waals surface area contributed by atoms with Crippen molar-refractivity contribution in [2.45, 2.75) is 45.1 Å². The second-order valence-corrected chi connectivity index (χ2v) is 10.5. The number of hydrogen-bond donors (Lipinski definition) is 2. The number of ether oxygens (including phenoxy) is 1. The largest absolute Gasteiger partial charge is 0.480 e. The third-order valence-electron chi connectivity index (χ3n) is 7.05. The predicted octanol–water partition coefficient (Wildman–Crippen LogP) is 5.49. The molecule has 4 rings (SSSR count). The fourth-order valence-electron chi connectivity index (χ4n) is 5.12. The van der Waals surface area contributed by atoms with Crippen molar-refractivity contribution in [1.82, 2.24) is 10.2 Å². The number of carboxylic acids is 1. The minimum atomic E-state index is -1.09. The summed E-state index contributed by atoms with van der Waals surface area (Å²) in [6.07, 6.45) is 0.757. The van der Waals surface area contributed by atoms with Crippen molar-refractivity contribution < 1.29 is 24.2 Å². The van der Waals surface area contributed by atoms with Crippen molar-refractivity contribution in [3.8, 4) is 11.1 Å². The molecule has 0 heterocycles. The predicted molar refractivity (Wildman–Crippen MR) is 150 cm³/mol. The quantitative estimate of drug-likeness (QED) is 0.324. The topological polar surface area (TPSA) is 95.9 Å². The molecule has 0 saturated heterocycles. The zero-order chi connectivity index (χ0) is 27.8. The van der Waals surface area contributed by atoms with Crippen LogP contribution in [0.1, 0.15) is 49.3 Å². The highest BCUT2D eigenvalue weighted by Gasteiger charge is 2.30. The summed E-state index contributed by atoms with van der Waals surface area (Å²) in [5, 5.41) is 12.4. The third-order valence-corrected chi connectivity index (χ3v) is 7.05. The van der Waals surface area contributed by atoms with Crippen LogP contribution in [0.2, 0.25) is 0 Å². The number of benzene rings is 3. The van der Waals surface area contributed by atoms with E-state index in [0.29, 0.717) is 18.8 Å². The Morgan fingerprint density at radius 3 is 2.08 bits per heavy atom. The average Bonchev–Trinajstić information content (AvgIpc) is 3.24. The summed E-state index contributed by atoms with van der Waals surface area (Å²) in [5.41, 5.74) is 5.50. The highest BCUT2D eigenvalue weighted by molar-refractivity contribution is 5.81. The molecule has 39 heavy (non-hydrogen) atoms. The van der Waals surface area contributed by atoms with Crippen LogP contribution < -0.4 is 5.32 Å². The lowest BCUT2D eigenvalue weighted by Gasteiger charge is -2.27. The van der Waals surface area contributed by atoms with E-state index in [1.807, 2.05) is 68.4 Å². The van der Waals surface area contributed by atoms with E-state index in [-0.39, 0.29) is 31.4 Å².